The molecule has 0 bridgehead atoms. The molecule has 0 radical (unpaired) electrons. The lowest BCUT2D eigenvalue weighted by Crippen LogP contribution is -2.70. The Morgan fingerprint density at radius 1 is 0.867 bits per heavy atom. The number of hydrogen-bond donors (Lipinski definition) is 12. The third-order valence-electron chi connectivity index (χ3n) is 7.01. The van der Waals surface area contributed by atoms with Crippen LogP contribution in [0.2, 0.25) is 0 Å². The van der Waals surface area contributed by atoms with Gasteiger partial charge in [0.25, 0.3) is 5.79 Å². The Labute approximate surface area is 253 Å². The van der Waals surface area contributed by atoms with Crippen LogP contribution in [0.5, 0.6) is 0 Å². The van der Waals surface area contributed by atoms with E-state index in [2.05, 4.69) is 10.1 Å². The summed E-state index contributed by atoms with van der Waals surface area (Å²) >= 11 is 0. The molecule has 0 aromatic carbocycles. The largest absolute Gasteiger partial charge is 0.476 e. The van der Waals surface area contributed by atoms with Crippen molar-refractivity contribution >= 4 is 29.7 Å². The maximum absolute atomic E-state index is 13.3. The van der Waals surface area contributed by atoms with Crippen LogP contribution in [-0.2, 0) is 42.9 Å². The maximum atomic E-state index is 13.3. The van der Waals surface area contributed by atoms with Crippen LogP contribution in [0.3, 0.4) is 0 Å². The van der Waals surface area contributed by atoms with E-state index >= 15 is 0 Å². The summed E-state index contributed by atoms with van der Waals surface area (Å²) in [5, 5.41) is 107. The minimum atomic E-state index is -3.36. The number of ether oxygens (including phenoxy) is 4. The van der Waals surface area contributed by atoms with E-state index in [1.165, 1.54) is 0 Å². The molecule has 2 aliphatic rings. The molecule has 2 rings (SSSR count). The van der Waals surface area contributed by atoms with Gasteiger partial charge < -0.3 is 80.6 Å². The van der Waals surface area contributed by atoms with E-state index in [1.54, 1.807) is 0 Å². The number of carbonyl (C=O) groups is 5. The lowest BCUT2D eigenvalue weighted by molar-refractivity contribution is -0.332. The van der Waals surface area contributed by atoms with Gasteiger partial charge in [0.2, 0.25) is 11.8 Å². The first-order chi connectivity index (χ1) is 20.8. The molecule has 0 aliphatic carbocycles. The quantitative estimate of drug-likeness (QED) is 0.0817. The van der Waals surface area contributed by atoms with Gasteiger partial charge in [-0.25, -0.2) is 9.59 Å². The van der Waals surface area contributed by atoms with Crippen molar-refractivity contribution in [1.82, 2.24) is 10.6 Å². The van der Waals surface area contributed by atoms with Gasteiger partial charge in [0.15, 0.2) is 0 Å². The number of carbonyl (C=O) groups excluding carboxylic acids is 4. The van der Waals surface area contributed by atoms with E-state index in [0.29, 0.717) is 0 Å². The molecule has 0 aromatic heterocycles. The van der Waals surface area contributed by atoms with Crippen molar-refractivity contribution in [3.8, 4) is 0 Å². The third-order valence-corrected chi connectivity index (χ3v) is 7.01. The van der Waals surface area contributed by atoms with Gasteiger partial charge in [0, 0.05) is 20.3 Å². The molecule has 2 amide bonds. The first-order valence-corrected chi connectivity index (χ1v) is 13.4. The van der Waals surface area contributed by atoms with Gasteiger partial charge in [-0.3, -0.25) is 14.4 Å². The number of aliphatic hydroxyl groups excluding tert-OH is 8. The van der Waals surface area contributed by atoms with E-state index < -0.39 is 135 Å². The highest BCUT2D eigenvalue weighted by molar-refractivity contribution is 5.84. The Morgan fingerprint density at radius 2 is 1.40 bits per heavy atom. The fraction of sp³-hybridized carbons (Fsp3) is 0.792. The van der Waals surface area contributed by atoms with Crippen molar-refractivity contribution in [2.75, 3.05) is 19.8 Å². The Morgan fingerprint density at radius 3 is 1.91 bits per heavy atom. The standard InChI is InChI=1S/C24H38N2O19/c1-8(29)25-15-10(31)3-23(41,43-19(15)18(37)13(34)7-42-9(2)30)22(40)45-24(21(38)39)4-11(32)16(26-14(35)6-28)20(44-24)17(36)12(33)5-27/h10-13,15-20,27-28,31-34,36-37,41H,3-7H2,1-2H3,(H,25,29)(H,26,35)(H,38,39)/t10-,11-,12+,13+,15+,16+,17+,18+,19+,20+,23-,24+/m0/s1. The second-order valence-electron chi connectivity index (χ2n) is 10.5. The zero-order valence-corrected chi connectivity index (χ0v) is 24.0. The highest BCUT2D eigenvalue weighted by Crippen LogP contribution is 2.37. The Hall–Kier alpha value is -3.09. The summed E-state index contributed by atoms with van der Waals surface area (Å²) in [5.41, 5.74) is 0. The average molecular weight is 659 g/mol. The third kappa shape index (κ3) is 9.01. The smallest absolute Gasteiger partial charge is 0.377 e. The summed E-state index contributed by atoms with van der Waals surface area (Å²) in [4.78, 5) is 60.4. The number of carboxylic acid groups (broad SMARTS) is 1. The highest BCUT2D eigenvalue weighted by atomic mass is 16.8. The SMILES string of the molecule is CC(=O)N[C@H]1[C@H]([C@H](O)[C@H](O)COC(C)=O)O[C@](O)(C(=O)O[C@@]2(C(=O)O)C[C@H](O)[C@@H](NC(=O)CO)[C@H]([C@H](O)[C@H](O)CO)O2)C[C@@H]1O. The molecule has 2 heterocycles. The van der Waals surface area contributed by atoms with Crippen molar-refractivity contribution < 1.29 is 94.0 Å². The molecule has 21 nitrogen and oxygen atoms in total. The van der Waals surface area contributed by atoms with E-state index in [0.717, 1.165) is 13.8 Å². The normalized spacial score (nSPS) is 34.4. The van der Waals surface area contributed by atoms with Crippen LogP contribution in [0.25, 0.3) is 0 Å². The van der Waals surface area contributed by atoms with Crippen molar-refractivity contribution in [2.45, 2.75) is 99.2 Å². The van der Waals surface area contributed by atoms with E-state index in [1.807, 2.05) is 5.32 Å². The molecule has 0 unspecified atom stereocenters. The van der Waals surface area contributed by atoms with Crippen LogP contribution < -0.4 is 10.6 Å². The molecule has 45 heavy (non-hydrogen) atoms. The molecule has 0 saturated carbocycles. The van der Waals surface area contributed by atoms with Gasteiger partial charge in [-0.2, -0.15) is 0 Å². The van der Waals surface area contributed by atoms with Gasteiger partial charge in [0.05, 0.1) is 37.3 Å². The van der Waals surface area contributed by atoms with E-state index in [4.69, 9.17) is 19.3 Å². The van der Waals surface area contributed by atoms with Gasteiger partial charge in [0.1, 0.15) is 49.8 Å². The number of esters is 2. The number of nitrogens with one attached hydrogen (secondary N) is 2. The lowest BCUT2D eigenvalue weighted by Gasteiger charge is -2.48. The van der Waals surface area contributed by atoms with Crippen LogP contribution in [0.1, 0.15) is 26.7 Å². The number of aliphatic hydroxyl groups is 9. The predicted molar refractivity (Wildman–Crippen MR) is 137 cm³/mol. The number of amides is 2. The average Bonchev–Trinajstić information content (AvgIpc) is 2.96. The summed E-state index contributed by atoms with van der Waals surface area (Å²) in [5.74, 6) is -13.7. The second-order valence-corrected chi connectivity index (χ2v) is 10.5. The molecule has 2 saturated heterocycles. The molecular formula is C24H38N2O19. The molecule has 0 spiro atoms. The lowest BCUT2D eigenvalue weighted by atomic mass is 9.87. The zero-order chi connectivity index (χ0) is 34.4. The van der Waals surface area contributed by atoms with Crippen molar-refractivity contribution in [2.24, 2.45) is 0 Å². The minimum Gasteiger partial charge on any atom is -0.476 e. The van der Waals surface area contributed by atoms with Crippen LogP contribution >= 0.6 is 0 Å². The molecule has 258 valence electrons. The van der Waals surface area contributed by atoms with Crippen molar-refractivity contribution in [1.29, 1.82) is 0 Å². The molecule has 0 aromatic rings. The molecule has 2 aliphatic heterocycles. The summed E-state index contributed by atoms with van der Waals surface area (Å²) in [6, 6.07) is -3.38. The Balaban J connectivity index is 2.46. The number of carboxylic acids is 1. The summed E-state index contributed by atoms with van der Waals surface area (Å²) < 4.78 is 20.1. The second kappa shape index (κ2) is 15.5. The van der Waals surface area contributed by atoms with Crippen LogP contribution in [-0.4, -0.2) is 173 Å². The first-order valence-electron chi connectivity index (χ1n) is 13.4. The molecule has 21 heteroatoms. The fourth-order valence-electron chi connectivity index (χ4n) is 4.78. The monoisotopic (exact) mass is 658 g/mol. The highest BCUT2D eigenvalue weighted by Gasteiger charge is 2.61. The van der Waals surface area contributed by atoms with Gasteiger partial charge in [-0.15, -0.1) is 0 Å². The van der Waals surface area contributed by atoms with E-state index in [-0.39, 0.29) is 0 Å². The number of hydrogen-bond acceptors (Lipinski definition) is 18. The molecule has 12 N–H and O–H groups in total. The maximum Gasteiger partial charge on any atom is 0.377 e. The summed E-state index contributed by atoms with van der Waals surface area (Å²) in [6.45, 7) is -1.13. The van der Waals surface area contributed by atoms with Crippen molar-refractivity contribution in [3.63, 3.8) is 0 Å². The van der Waals surface area contributed by atoms with Crippen LogP contribution in [0.15, 0.2) is 0 Å². The molecule has 2 fully saturated rings. The fourth-order valence-corrected chi connectivity index (χ4v) is 4.78. The molecule has 12 atom stereocenters. The zero-order valence-electron chi connectivity index (χ0n) is 24.0. The molecular weight excluding hydrogens is 620 g/mol. The topological polar surface area (TPSA) is 349 Å². The summed E-state index contributed by atoms with van der Waals surface area (Å²) in [7, 11) is 0. The van der Waals surface area contributed by atoms with Crippen LogP contribution in [0.4, 0.5) is 0 Å². The number of rotatable bonds is 13. The Kier molecular flexibility index (Phi) is 13.1. The minimum absolute atomic E-state index is 0.797. The van der Waals surface area contributed by atoms with Gasteiger partial charge >= 0.3 is 23.7 Å². The van der Waals surface area contributed by atoms with E-state index in [9.17, 15) is 69.9 Å². The van der Waals surface area contributed by atoms with Gasteiger partial charge in [-0.1, -0.05) is 0 Å². The number of aliphatic carboxylic acids is 1. The van der Waals surface area contributed by atoms with Crippen molar-refractivity contribution in [3.05, 3.63) is 0 Å². The Bertz CT molecular complexity index is 1090. The van der Waals surface area contributed by atoms with Gasteiger partial charge in [-0.05, 0) is 0 Å². The first kappa shape index (κ1) is 38.1. The summed E-state index contributed by atoms with van der Waals surface area (Å²) in [6.07, 6.45) is -19.1. The predicted octanol–water partition coefficient (Wildman–Crippen LogP) is -7.72. The van der Waals surface area contributed by atoms with Crippen LogP contribution in [0, 0.1) is 0 Å².